The number of likely N-dealkylation sites (tertiary alicyclic amines) is 1. The number of methoxy groups -OCH3 is 1. The summed E-state index contributed by atoms with van der Waals surface area (Å²) >= 11 is 0. The van der Waals surface area contributed by atoms with Crippen molar-refractivity contribution in [2.75, 3.05) is 26.8 Å². The highest BCUT2D eigenvalue weighted by Gasteiger charge is 2.38. The van der Waals surface area contributed by atoms with Crippen LogP contribution in [0.1, 0.15) is 20.3 Å². The molecule has 0 aromatic carbocycles. The van der Waals surface area contributed by atoms with E-state index in [1.54, 1.807) is 7.11 Å². The Morgan fingerprint density at radius 1 is 1.58 bits per heavy atom. The van der Waals surface area contributed by atoms with Gasteiger partial charge in [0.1, 0.15) is 5.67 Å². The van der Waals surface area contributed by atoms with Crippen LogP contribution >= 0.6 is 0 Å². The molecule has 0 radical (unpaired) electrons. The fourth-order valence-electron chi connectivity index (χ4n) is 1.68. The predicted molar refractivity (Wildman–Crippen MR) is 47.0 cm³/mol. The third-order valence-corrected chi connectivity index (χ3v) is 2.47. The number of hydrogen-bond acceptors (Lipinski definition) is 2. The Hall–Kier alpha value is -0.150. The number of rotatable bonds is 3. The van der Waals surface area contributed by atoms with Gasteiger partial charge in [-0.05, 0) is 20.3 Å². The molecular weight excluding hydrogens is 157 g/mol. The number of alkyl halides is 1. The maximum atomic E-state index is 13.8. The zero-order chi connectivity index (χ0) is 9.19. The van der Waals surface area contributed by atoms with E-state index < -0.39 is 5.67 Å². The fourth-order valence-corrected chi connectivity index (χ4v) is 1.68. The molecule has 0 bridgehead atoms. The molecule has 0 aromatic rings. The molecule has 1 aliphatic heterocycles. The van der Waals surface area contributed by atoms with Gasteiger partial charge in [-0.3, -0.25) is 4.90 Å². The zero-order valence-corrected chi connectivity index (χ0v) is 8.14. The van der Waals surface area contributed by atoms with Crippen LogP contribution in [0.2, 0.25) is 0 Å². The first-order chi connectivity index (χ1) is 5.57. The highest BCUT2D eigenvalue weighted by atomic mass is 19.1. The normalized spacial score (nSPS) is 31.8. The minimum atomic E-state index is -1.10. The lowest BCUT2D eigenvalue weighted by Crippen LogP contribution is -2.36. The van der Waals surface area contributed by atoms with E-state index in [1.165, 1.54) is 0 Å². The monoisotopic (exact) mass is 175 g/mol. The Kier molecular flexibility index (Phi) is 3.07. The summed E-state index contributed by atoms with van der Waals surface area (Å²) in [5.41, 5.74) is -1.10. The predicted octanol–water partition coefficient (Wildman–Crippen LogP) is 1.46. The molecule has 2 nitrogen and oxygen atoms in total. The van der Waals surface area contributed by atoms with E-state index >= 15 is 0 Å². The van der Waals surface area contributed by atoms with Gasteiger partial charge in [0.05, 0.1) is 6.61 Å². The Balaban J connectivity index is 2.43. The lowest BCUT2D eigenvalue weighted by molar-refractivity contribution is 0.0448. The van der Waals surface area contributed by atoms with Crippen LogP contribution in [0.5, 0.6) is 0 Å². The van der Waals surface area contributed by atoms with Gasteiger partial charge in [-0.15, -0.1) is 0 Å². The second-order valence-corrected chi connectivity index (χ2v) is 3.90. The summed E-state index contributed by atoms with van der Waals surface area (Å²) in [5.74, 6) is 0. The summed E-state index contributed by atoms with van der Waals surface area (Å²) in [5, 5.41) is 0. The maximum absolute atomic E-state index is 13.8. The van der Waals surface area contributed by atoms with Gasteiger partial charge in [0.2, 0.25) is 0 Å². The van der Waals surface area contributed by atoms with Crippen molar-refractivity contribution >= 4 is 0 Å². The van der Waals surface area contributed by atoms with Gasteiger partial charge in [-0.1, -0.05) is 0 Å². The summed E-state index contributed by atoms with van der Waals surface area (Å²) in [6, 6.07) is 0.444. The number of nitrogens with zero attached hydrogens (tertiary/aromatic N) is 1. The van der Waals surface area contributed by atoms with Gasteiger partial charge >= 0.3 is 0 Å². The minimum Gasteiger partial charge on any atom is -0.381 e. The molecule has 0 spiro atoms. The number of ether oxygens (including phenoxy) is 1. The topological polar surface area (TPSA) is 12.5 Å². The van der Waals surface area contributed by atoms with Crippen molar-refractivity contribution in [3.05, 3.63) is 0 Å². The van der Waals surface area contributed by atoms with Crippen LogP contribution in [-0.4, -0.2) is 43.4 Å². The van der Waals surface area contributed by atoms with E-state index in [0.717, 1.165) is 6.54 Å². The molecule has 1 saturated heterocycles. The highest BCUT2D eigenvalue weighted by molar-refractivity contribution is 4.91. The lowest BCUT2D eigenvalue weighted by atomic mass is 10.1. The molecule has 0 saturated carbocycles. The van der Waals surface area contributed by atoms with Crippen LogP contribution in [0.3, 0.4) is 0 Å². The standard InChI is InChI=1S/C9H18FNO/c1-8(2)11-5-4-9(10,6-11)7-12-3/h8H,4-7H2,1-3H3. The first-order valence-electron chi connectivity index (χ1n) is 4.49. The molecule has 1 heterocycles. The molecule has 1 atom stereocenters. The molecule has 0 amide bonds. The Morgan fingerprint density at radius 3 is 2.67 bits per heavy atom. The summed E-state index contributed by atoms with van der Waals surface area (Å²) in [7, 11) is 1.55. The van der Waals surface area contributed by atoms with Gasteiger partial charge in [0.15, 0.2) is 0 Å². The average molecular weight is 175 g/mol. The molecule has 3 heteroatoms. The number of halogens is 1. The fraction of sp³-hybridized carbons (Fsp3) is 1.00. The van der Waals surface area contributed by atoms with Gasteiger partial charge in [0.25, 0.3) is 0 Å². The molecule has 72 valence electrons. The Bertz CT molecular complexity index is 151. The summed E-state index contributed by atoms with van der Waals surface area (Å²) in [4.78, 5) is 2.15. The molecule has 1 aliphatic rings. The molecule has 12 heavy (non-hydrogen) atoms. The summed E-state index contributed by atoms with van der Waals surface area (Å²) in [6.07, 6.45) is 0.610. The van der Waals surface area contributed by atoms with Gasteiger partial charge in [-0.25, -0.2) is 4.39 Å². The van der Waals surface area contributed by atoms with Crippen molar-refractivity contribution in [3.63, 3.8) is 0 Å². The summed E-state index contributed by atoms with van der Waals surface area (Å²) < 4.78 is 18.6. The zero-order valence-electron chi connectivity index (χ0n) is 8.14. The first kappa shape index (κ1) is 9.93. The molecule has 1 rings (SSSR count). The van der Waals surface area contributed by atoms with Crippen LogP contribution in [0, 0.1) is 0 Å². The SMILES string of the molecule is COCC1(F)CCN(C(C)C)C1. The van der Waals surface area contributed by atoms with E-state index in [1.807, 2.05) is 0 Å². The smallest absolute Gasteiger partial charge is 0.148 e. The number of hydrogen-bond donors (Lipinski definition) is 0. The maximum Gasteiger partial charge on any atom is 0.148 e. The lowest BCUT2D eigenvalue weighted by Gasteiger charge is -2.22. The summed E-state index contributed by atoms with van der Waals surface area (Å²) in [6.45, 7) is 5.81. The minimum absolute atomic E-state index is 0.232. The van der Waals surface area contributed by atoms with E-state index in [2.05, 4.69) is 18.7 Å². The van der Waals surface area contributed by atoms with Crippen LogP contribution in [0.15, 0.2) is 0 Å². The molecule has 0 aromatic heterocycles. The quantitative estimate of drug-likeness (QED) is 0.644. The molecule has 0 aliphatic carbocycles. The van der Waals surface area contributed by atoms with Gasteiger partial charge < -0.3 is 4.74 Å². The second kappa shape index (κ2) is 3.71. The van der Waals surface area contributed by atoms with E-state index in [4.69, 9.17) is 4.74 Å². The molecule has 0 N–H and O–H groups in total. The van der Waals surface area contributed by atoms with Gasteiger partial charge in [-0.2, -0.15) is 0 Å². The second-order valence-electron chi connectivity index (χ2n) is 3.90. The van der Waals surface area contributed by atoms with Crippen molar-refractivity contribution < 1.29 is 9.13 Å². The van der Waals surface area contributed by atoms with Gasteiger partial charge in [0, 0.05) is 26.2 Å². The third-order valence-electron chi connectivity index (χ3n) is 2.47. The molecule has 1 unspecified atom stereocenters. The van der Waals surface area contributed by atoms with Crippen molar-refractivity contribution in [1.82, 2.24) is 4.90 Å². The van der Waals surface area contributed by atoms with E-state index in [-0.39, 0.29) is 6.61 Å². The molecular formula is C9H18FNO. The third kappa shape index (κ3) is 2.17. The van der Waals surface area contributed by atoms with Crippen molar-refractivity contribution in [2.45, 2.75) is 32.0 Å². The first-order valence-corrected chi connectivity index (χ1v) is 4.49. The average Bonchev–Trinajstić information content (AvgIpc) is 2.33. The van der Waals surface area contributed by atoms with Crippen molar-refractivity contribution in [2.24, 2.45) is 0 Å². The highest BCUT2D eigenvalue weighted by Crippen LogP contribution is 2.26. The van der Waals surface area contributed by atoms with Crippen molar-refractivity contribution in [1.29, 1.82) is 0 Å². The van der Waals surface area contributed by atoms with Crippen LogP contribution in [0.25, 0.3) is 0 Å². The van der Waals surface area contributed by atoms with Crippen molar-refractivity contribution in [3.8, 4) is 0 Å². The largest absolute Gasteiger partial charge is 0.381 e. The Labute approximate surface area is 73.7 Å². The van der Waals surface area contributed by atoms with E-state index in [9.17, 15) is 4.39 Å². The van der Waals surface area contributed by atoms with Crippen LogP contribution in [0.4, 0.5) is 4.39 Å². The molecule has 1 fully saturated rings. The van der Waals surface area contributed by atoms with Crippen LogP contribution < -0.4 is 0 Å². The van der Waals surface area contributed by atoms with Crippen LogP contribution in [-0.2, 0) is 4.74 Å². The Morgan fingerprint density at radius 2 is 2.25 bits per heavy atom. The van der Waals surface area contributed by atoms with E-state index in [0.29, 0.717) is 19.0 Å².